The third kappa shape index (κ3) is 8.60. The van der Waals surface area contributed by atoms with Crippen LogP contribution in [0.2, 0.25) is 0 Å². The first kappa shape index (κ1) is 20.6. The molecule has 0 aliphatic rings. The molecule has 0 spiro atoms. The third-order valence-electron chi connectivity index (χ3n) is 5.08. The zero-order valence-electron chi connectivity index (χ0n) is 16.6. The lowest BCUT2D eigenvalue weighted by Gasteiger charge is -2.04. The molecule has 0 aliphatic carbocycles. The molecule has 1 heterocycles. The van der Waals surface area contributed by atoms with Crippen molar-refractivity contribution in [1.29, 1.82) is 0 Å². The van der Waals surface area contributed by atoms with Crippen LogP contribution in [0.1, 0.15) is 89.7 Å². The summed E-state index contributed by atoms with van der Waals surface area (Å²) in [7, 11) is 0. The van der Waals surface area contributed by atoms with E-state index in [2.05, 4.69) is 41.4 Å². The van der Waals surface area contributed by atoms with Crippen molar-refractivity contribution in [2.75, 3.05) is 0 Å². The first-order valence-electron chi connectivity index (χ1n) is 10.8. The molecule has 0 radical (unpaired) electrons. The predicted molar refractivity (Wildman–Crippen MR) is 112 cm³/mol. The predicted octanol–water partition coefficient (Wildman–Crippen LogP) is 7.39. The summed E-state index contributed by atoms with van der Waals surface area (Å²) in [6, 6.07) is 14.5. The SMILES string of the molecule is CCCCCCCCCCCCCCc1ccc(-c2ccccc2)nn1. The molecule has 0 amide bonds. The fraction of sp³-hybridized carbons (Fsp3) is 0.583. The van der Waals surface area contributed by atoms with Crippen molar-refractivity contribution in [2.24, 2.45) is 0 Å². The Hall–Kier alpha value is -1.70. The van der Waals surface area contributed by atoms with Crippen LogP contribution in [0.15, 0.2) is 42.5 Å². The molecule has 0 fully saturated rings. The van der Waals surface area contributed by atoms with Gasteiger partial charge in [0.2, 0.25) is 0 Å². The summed E-state index contributed by atoms with van der Waals surface area (Å²) in [6.45, 7) is 2.28. The van der Waals surface area contributed by atoms with Gasteiger partial charge < -0.3 is 0 Å². The summed E-state index contributed by atoms with van der Waals surface area (Å²) >= 11 is 0. The Kier molecular flexibility index (Phi) is 10.7. The molecule has 2 nitrogen and oxygen atoms in total. The highest BCUT2D eigenvalue weighted by molar-refractivity contribution is 5.57. The second-order valence-electron chi connectivity index (χ2n) is 7.42. The highest BCUT2D eigenvalue weighted by atomic mass is 15.1. The van der Waals surface area contributed by atoms with Gasteiger partial charge in [-0.25, -0.2) is 0 Å². The molecule has 0 saturated carbocycles. The summed E-state index contributed by atoms with van der Waals surface area (Å²) in [6.07, 6.45) is 17.7. The summed E-state index contributed by atoms with van der Waals surface area (Å²) in [5.74, 6) is 0. The van der Waals surface area contributed by atoms with Crippen molar-refractivity contribution in [1.82, 2.24) is 10.2 Å². The molecule has 142 valence electrons. The van der Waals surface area contributed by atoms with E-state index in [-0.39, 0.29) is 0 Å². The zero-order valence-corrected chi connectivity index (χ0v) is 16.6. The van der Waals surface area contributed by atoms with Crippen LogP contribution in [0.5, 0.6) is 0 Å². The van der Waals surface area contributed by atoms with Gasteiger partial charge in [0.1, 0.15) is 0 Å². The average molecular weight is 353 g/mol. The van der Waals surface area contributed by atoms with Crippen LogP contribution in [0, 0.1) is 0 Å². The molecular weight excluding hydrogens is 316 g/mol. The Morgan fingerprint density at radius 1 is 0.577 bits per heavy atom. The minimum absolute atomic E-state index is 0.962. The van der Waals surface area contributed by atoms with E-state index in [4.69, 9.17) is 0 Å². The number of hydrogen-bond donors (Lipinski definition) is 0. The van der Waals surface area contributed by atoms with Gasteiger partial charge in [0.15, 0.2) is 0 Å². The van der Waals surface area contributed by atoms with Gasteiger partial charge in [-0.1, -0.05) is 108 Å². The van der Waals surface area contributed by atoms with E-state index in [9.17, 15) is 0 Å². The van der Waals surface area contributed by atoms with Gasteiger partial charge in [-0.2, -0.15) is 10.2 Å². The quantitative estimate of drug-likeness (QED) is 0.331. The van der Waals surface area contributed by atoms with E-state index in [1.807, 2.05) is 18.2 Å². The van der Waals surface area contributed by atoms with E-state index >= 15 is 0 Å². The third-order valence-corrected chi connectivity index (χ3v) is 5.08. The Balaban J connectivity index is 1.47. The molecule has 2 heteroatoms. The lowest BCUT2D eigenvalue weighted by molar-refractivity contribution is 0.543. The van der Waals surface area contributed by atoms with Crippen LogP contribution in [-0.2, 0) is 6.42 Å². The molecule has 1 aromatic heterocycles. The lowest BCUT2D eigenvalue weighted by atomic mass is 10.0. The highest BCUT2D eigenvalue weighted by Gasteiger charge is 2.01. The lowest BCUT2D eigenvalue weighted by Crippen LogP contribution is -1.95. The largest absolute Gasteiger partial charge is 0.155 e. The first-order chi connectivity index (χ1) is 12.9. The monoisotopic (exact) mass is 352 g/mol. The summed E-state index contributed by atoms with van der Waals surface area (Å²) < 4.78 is 0. The molecule has 0 aliphatic heterocycles. The van der Waals surface area contributed by atoms with Crippen molar-refractivity contribution in [3.05, 3.63) is 48.2 Å². The molecule has 1 aromatic carbocycles. The maximum Gasteiger partial charge on any atom is 0.0929 e. The van der Waals surface area contributed by atoms with Gasteiger partial charge in [-0.15, -0.1) is 0 Å². The van der Waals surface area contributed by atoms with E-state index < -0.39 is 0 Å². The molecule has 0 saturated heterocycles. The van der Waals surface area contributed by atoms with Crippen LogP contribution in [-0.4, -0.2) is 10.2 Å². The standard InChI is InChI=1S/C24H36N2/c1-2-3-4-5-6-7-8-9-10-11-12-16-19-23-20-21-24(26-25-23)22-17-14-13-15-18-22/h13-15,17-18,20-21H,2-12,16,19H2,1H3. The number of aromatic nitrogens is 2. The van der Waals surface area contributed by atoms with Crippen molar-refractivity contribution >= 4 is 0 Å². The van der Waals surface area contributed by atoms with E-state index in [1.165, 1.54) is 77.0 Å². The summed E-state index contributed by atoms with van der Waals surface area (Å²) in [4.78, 5) is 0. The van der Waals surface area contributed by atoms with Gasteiger partial charge in [0.25, 0.3) is 0 Å². The Bertz CT molecular complexity index is 563. The molecule has 0 atom stereocenters. The van der Waals surface area contributed by atoms with Crippen LogP contribution < -0.4 is 0 Å². The van der Waals surface area contributed by atoms with Crippen LogP contribution >= 0.6 is 0 Å². The Morgan fingerprint density at radius 3 is 1.69 bits per heavy atom. The summed E-state index contributed by atoms with van der Waals surface area (Å²) in [5, 5.41) is 8.77. The van der Waals surface area contributed by atoms with Crippen LogP contribution in [0.25, 0.3) is 11.3 Å². The number of aryl methyl sites for hydroxylation is 1. The first-order valence-corrected chi connectivity index (χ1v) is 10.8. The fourth-order valence-corrected chi connectivity index (χ4v) is 3.40. The van der Waals surface area contributed by atoms with Gasteiger partial charge in [-0.3, -0.25) is 0 Å². The van der Waals surface area contributed by atoms with Gasteiger partial charge >= 0.3 is 0 Å². The van der Waals surface area contributed by atoms with Crippen molar-refractivity contribution < 1.29 is 0 Å². The molecule has 26 heavy (non-hydrogen) atoms. The van der Waals surface area contributed by atoms with Gasteiger partial charge in [-0.05, 0) is 25.0 Å². The molecule has 2 rings (SSSR count). The molecule has 0 bridgehead atoms. The van der Waals surface area contributed by atoms with Crippen LogP contribution in [0.4, 0.5) is 0 Å². The zero-order chi connectivity index (χ0) is 18.3. The van der Waals surface area contributed by atoms with E-state index in [1.54, 1.807) is 0 Å². The second-order valence-corrected chi connectivity index (χ2v) is 7.42. The fourth-order valence-electron chi connectivity index (χ4n) is 3.40. The van der Waals surface area contributed by atoms with Crippen molar-refractivity contribution in [3.63, 3.8) is 0 Å². The summed E-state index contributed by atoms with van der Waals surface area (Å²) in [5.41, 5.74) is 3.22. The molecule has 0 N–H and O–H groups in total. The number of unbranched alkanes of at least 4 members (excludes halogenated alkanes) is 11. The smallest absolute Gasteiger partial charge is 0.0929 e. The topological polar surface area (TPSA) is 25.8 Å². The van der Waals surface area contributed by atoms with Crippen molar-refractivity contribution in [2.45, 2.75) is 90.4 Å². The van der Waals surface area contributed by atoms with Crippen LogP contribution in [0.3, 0.4) is 0 Å². The molecule has 2 aromatic rings. The molecule has 0 unspecified atom stereocenters. The number of rotatable bonds is 14. The minimum Gasteiger partial charge on any atom is -0.155 e. The van der Waals surface area contributed by atoms with Gasteiger partial charge in [0, 0.05) is 5.56 Å². The average Bonchev–Trinajstić information content (AvgIpc) is 2.70. The number of nitrogens with zero attached hydrogens (tertiary/aromatic N) is 2. The maximum atomic E-state index is 4.39. The molecular formula is C24H36N2. The van der Waals surface area contributed by atoms with E-state index in [0.717, 1.165) is 23.4 Å². The van der Waals surface area contributed by atoms with Crippen molar-refractivity contribution in [3.8, 4) is 11.3 Å². The van der Waals surface area contributed by atoms with E-state index in [0.29, 0.717) is 0 Å². The Morgan fingerprint density at radius 2 is 1.15 bits per heavy atom. The minimum atomic E-state index is 0.962. The Labute approximate surface area is 160 Å². The highest BCUT2D eigenvalue weighted by Crippen LogP contribution is 2.16. The number of benzene rings is 1. The van der Waals surface area contributed by atoms with Gasteiger partial charge in [0.05, 0.1) is 11.4 Å². The normalized spacial score (nSPS) is 11.0. The maximum absolute atomic E-state index is 4.39. The second kappa shape index (κ2) is 13.5. The number of hydrogen-bond acceptors (Lipinski definition) is 2.